The van der Waals surface area contributed by atoms with E-state index in [1.54, 1.807) is 13.2 Å². The van der Waals surface area contributed by atoms with Gasteiger partial charge in [0, 0.05) is 7.11 Å². The quantitative estimate of drug-likeness (QED) is 0.691. The third-order valence-corrected chi connectivity index (χ3v) is 2.98. The van der Waals surface area contributed by atoms with E-state index in [4.69, 9.17) is 14.2 Å². The first-order valence-corrected chi connectivity index (χ1v) is 6.12. The largest absolute Gasteiger partial charge is 0.382 e. The summed E-state index contributed by atoms with van der Waals surface area (Å²) < 4.78 is 29.0. The van der Waals surface area contributed by atoms with Crippen LogP contribution in [0.5, 0.6) is 0 Å². The van der Waals surface area contributed by atoms with Crippen LogP contribution in [-0.2, 0) is 20.8 Å². The monoisotopic (exact) mass is 306 g/mol. The molecule has 0 saturated heterocycles. The van der Waals surface area contributed by atoms with Gasteiger partial charge in [-0.05, 0) is 27.6 Å². The second-order valence-electron chi connectivity index (χ2n) is 3.37. The molecule has 0 spiro atoms. The van der Waals surface area contributed by atoms with Gasteiger partial charge in [-0.3, -0.25) is 0 Å². The van der Waals surface area contributed by atoms with E-state index < -0.39 is 0 Å². The Balaban J connectivity index is 2.16. The molecule has 0 aliphatic carbocycles. The summed E-state index contributed by atoms with van der Waals surface area (Å²) in [5, 5.41) is 0. The highest BCUT2D eigenvalue weighted by Gasteiger charge is 2.04. The van der Waals surface area contributed by atoms with Crippen molar-refractivity contribution in [2.75, 3.05) is 33.5 Å². The van der Waals surface area contributed by atoms with Crippen LogP contribution in [0.25, 0.3) is 0 Å². The van der Waals surface area contributed by atoms with E-state index >= 15 is 0 Å². The van der Waals surface area contributed by atoms with Crippen LogP contribution in [-0.4, -0.2) is 33.5 Å². The highest BCUT2D eigenvalue weighted by Crippen LogP contribution is 2.20. The Hall–Kier alpha value is -0.490. The fourth-order valence-electron chi connectivity index (χ4n) is 1.20. The van der Waals surface area contributed by atoms with Crippen molar-refractivity contribution < 1.29 is 18.6 Å². The first-order chi connectivity index (χ1) is 8.25. The predicted molar refractivity (Wildman–Crippen MR) is 66.5 cm³/mol. The topological polar surface area (TPSA) is 27.7 Å². The highest BCUT2D eigenvalue weighted by atomic mass is 79.9. The lowest BCUT2D eigenvalue weighted by Crippen LogP contribution is -2.08. The molecule has 0 aromatic heterocycles. The van der Waals surface area contributed by atoms with E-state index in [0.29, 0.717) is 37.5 Å². The van der Waals surface area contributed by atoms with Crippen molar-refractivity contribution >= 4 is 15.9 Å². The van der Waals surface area contributed by atoms with Gasteiger partial charge in [0.2, 0.25) is 0 Å². The van der Waals surface area contributed by atoms with Crippen LogP contribution in [0, 0.1) is 5.82 Å². The summed E-state index contributed by atoms with van der Waals surface area (Å²) in [7, 11) is 1.63. The smallest absolute Gasteiger partial charge is 0.137 e. The molecular formula is C12H16BrFO3. The third-order valence-electron chi connectivity index (χ3n) is 2.09. The van der Waals surface area contributed by atoms with Gasteiger partial charge in [-0.25, -0.2) is 4.39 Å². The fourth-order valence-corrected chi connectivity index (χ4v) is 1.58. The minimum Gasteiger partial charge on any atom is -0.382 e. The molecule has 0 unspecified atom stereocenters. The van der Waals surface area contributed by atoms with E-state index in [9.17, 15) is 4.39 Å². The van der Waals surface area contributed by atoms with Crippen LogP contribution in [0.3, 0.4) is 0 Å². The Morgan fingerprint density at radius 2 is 1.82 bits per heavy atom. The molecule has 0 bridgehead atoms. The number of ether oxygens (including phenoxy) is 3. The maximum absolute atomic E-state index is 13.2. The van der Waals surface area contributed by atoms with Crippen molar-refractivity contribution in [3.8, 4) is 0 Å². The molecular weight excluding hydrogens is 291 g/mol. The molecule has 96 valence electrons. The summed E-state index contributed by atoms with van der Waals surface area (Å²) in [6, 6.07) is 4.88. The molecule has 0 aliphatic heterocycles. The van der Waals surface area contributed by atoms with Gasteiger partial charge in [-0.15, -0.1) is 0 Å². The van der Waals surface area contributed by atoms with E-state index in [-0.39, 0.29) is 5.82 Å². The summed E-state index contributed by atoms with van der Waals surface area (Å²) in [5.74, 6) is -0.276. The number of hydrogen-bond donors (Lipinski definition) is 0. The van der Waals surface area contributed by atoms with Crippen LogP contribution in [0.15, 0.2) is 22.7 Å². The van der Waals surface area contributed by atoms with Crippen molar-refractivity contribution in [3.05, 3.63) is 34.1 Å². The average Bonchev–Trinajstić information content (AvgIpc) is 2.33. The van der Waals surface area contributed by atoms with Gasteiger partial charge in [0.1, 0.15) is 5.82 Å². The van der Waals surface area contributed by atoms with Gasteiger partial charge in [0.25, 0.3) is 0 Å². The molecule has 0 aliphatic rings. The van der Waals surface area contributed by atoms with Gasteiger partial charge < -0.3 is 14.2 Å². The van der Waals surface area contributed by atoms with Crippen LogP contribution in [0.1, 0.15) is 5.56 Å². The zero-order valence-electron chi connectivity index (χ0n) is 9.75. The zero-order valence-corrected chi connectivity index (χ0v) is 11.3. The van der Waals surface area contributed by atoms with Crippen LogP contribution < -0.4 is 0 Å². The lowest BCUT2D eigenvalue weighted by molar-refractivity contribution is 0.0198. The summed E-state index contributed by atoms with van der Waals surface area (Å²) in [4.78, 5) is 0. The number of benzene rings is 1. The van der Waals surface area contributed by atoms with Crippen molar-refractivity contribution in [1.82, 2.24) is 0 Å². The number of halogens is 2. The van der Waals surface area contributed by atoms with Crippen LogP contribution in [0.4, 0.5) is 4.39 Å². The molecule has 1 rings (SSSR count). The number of hydrogen-bond acceptors (Lipinski definition) is 3. The Morgan fingerprint density at radius 3 is 2.59 bits per heavy atom. The highest BCUT2D eigenvalue weighted by molar-refractivity contribution is 9.10. The van der Waals surface area contributed by atoms with Gasteiger partial charge >= 0.3 is 0 Å². The van der Waals surface area contributed by atoms with Crippen molar-refractivity contribution in [2.45, 2.75) is 6.61 Å². The Labute approximate surface area is 109 Å². The number of methoxy groups -OCH3 is 1. The summed E-state index contributed by atoms with van der Waals surface area (Å²) in [6.45, 7) is 2.49. The molecule has 0 atom stereocenters. The van der Waals surface area contributed by atoms with Crippen LogP contribution >= 0.6 is 15.9 Å². The SMILES string of the molecule is COCCOCCOCc1cccc(F)c1Br. The second-order valence-corrected chi connectivity index (χ2v) is 4.16. The minimum absolute atomic E-state index is 0.276. The lowest BCUT2D eigenvalue weighted by atomic mass is 10.2. The first-order valence-electron chi connectivity index (χ1n) is 5.33. The van der Waals surface area contributed by atoms with E-state index in [0.717, 1.165) is 5.56 Å². The average molecular weight is 307 g/mol. The summed E-state index contributed by atoms with van der Waals surface area (Å²) in [5.41, 5.74) is 0.793. The van der Waals surface area contributed by atoms with Gasteiger partial charge in [-0.1, -0.05) is 12.1 Å². The molecule has 0 radical (unpaired) electrons. The molecule has 0 fully saturated rings. The van der Waals surface area contributed by atoms with Crippen LogP contribution in [0.2, 0.25) is 0 Å². The summed E-state index contributed by atoms with van der Waals surface area (Å²) in [6.07, 6.45) is 0. The third kappa shape index (κ3) is 5.59. The molecule has 1 aromatic rings. The Kier molecular flexibility index (Phi) is 7.35. The van der Waals surface area contributed by atoms with E-state index in [2.05, 4.69) is 15.9 Å². The first kappa shape index (κ1) is 14.6. The molecule has 0 amide bonds. The Morgan fingerprint density at radius 1 is 1.12 bits per heavy atom. The normalized spacial score (nSPS) is 10.8. The number of rotatable bonds is 8. The standard InChI is InChI=1S/C12H16BrFO3/c1-15-5-6-16-7-8-17-9-10-3-2-4-11(14)12(10)13/h2-4H,5-9H2,1H3. The zero-order chi connectivity index (χ0) is 12.5. The predicted octanol–water partition coefficient (Wildman–Crippen LogP) is 2.77. The molecule has 0 heterocycles. The molecule has 17 heavy (non-hydrogen) atoms. The lowest BCUT2D eigenvalue weighted by Gasteiger charge is -2.07. The Bertz CT molecular complexity index is 334. The summed E-state index contributed by atoms with van der Waals surface area (Å²) >= 11 is 3.18. The molecule has 1 aromatic carbocycles. The van der Waals surface area contributed by atoms with Crippen molar-refractivity contribution in [3.63, 3.8) is 0 Å². The van der Waals surface area contributed by atoms with Gasteiger partial charge in [0.05, 0.1) is 37.5 Å². The maximum Gasteiger partial charge on any atom is 0.137 e. The second kappa shape index (κ2) is 8.58. The van der Waals surface area contributed by atoms with Gasteiger partial charge in [-0.2, -0.15) is 0 Å². The van der Waals surface area contributed by atoms with Crippen molar-refractivity contribution in [1.29, 1.82) is 0 Å². The molecule has 5 heteroatoms. The van der Waals surface area contributed by atoms with E-state index in [1.165, 1.54) is 6.07 Å². The maximum atomic E-state index is 13.2. The van der Waals surface area contributed by atoms with Crippen molar-refractivity contribution in [2.24, 2.45) is 0 Å². The van der Waals surface area contributed by atoms with Gasteiger partial charge in [0.15, 0.2) is 0 Å². The molecule has 0 saturated carbocycles. The molecule has 3 nitrogen and oxygen atoms in total. The minimum atomic E-state index is -0.276. The fraction of sp³-hybridized carbons (Fsp3) is 0.500. The molecule has 0 N–H and O–H groups in total. The van der Waals surface area contributed by atoms with E-state index in [1.807, 2.05) is 6.07 Å².